The van der Waals surface area contributed by atoms with Gasteiger partial charge in [-0.05, 0) is 43.0 Å². The number of carbonyl (C=O) groups excluding carboxylic acids is 3. The zero-order valence-corrected chi connectivity index (χ0v) is 16.8. The highest BCUT2D eigenvalue weighted by Gasteiger charge is 2.24. The van der Waals surface area contributed by atoms with Gasteiger partial charge in [-0.15, -0.1) is 0 Å². The topological polar surface area (TPSA) is 66.9 Å². The van der Waals surface area contributed by atoms with E-state index in [-0.39, 0.29) is 29.5 Å². The molecule has 6 nitrogen and oxygen atoms in total. The Bertz CT molecular complexity index is 881. The number of anilines is 1. The fourth-order valence-corrected chi connectivity index (χ4v) is 3.51. The van der Waals surface area contributed by atoms with Crippen LogP contribution >= 0.6 is 0 Å². The first kappa shape index (κ1) is 20.6. The fourth-order valence-electron chi connectivity index (χ4n) is 3.51. The van der Waals surface area contributed by atoms with Crippen LogP contribution in [0.1, 0.15) is 40.5 Å². The van der Waals surface area contributed by atoms with Gasteiger partial charge in [-0.3, -0.25) is 9.59 Å². The van der Waals surface area contributed by atoms with Gasteiger partial charge in [0.15, 0.2) is 6.61 Å². The minimum absolute atomic E-state index is 0.153. The van der Waals surface area contributed by atoms with E-state index in [1.165, 1.54) is 4.90 Å². The van der Waals surface area contributed by atoms with Crippen molar-refractivity contribution in [1.29, 1.82) is 0 Å². The zero-order chi connectivity index (χ0) is 20.8. The molecule has 2 aromatic rings. The first-order valence-electron chi connectivity index (χ1n) is 9.84. The molecule has 1 heterocycles. The zero-order valence-electron chi connectivity index (χ0n) is 16.8. The van der Waals surface area contributed by atoms with Gasteiger partial charge in [0.05, 0.1) is 11.1 Å². The van der Waals surface area contributed by atoms with Crippen LogP contribution in [0.25, 0.3) is 0 Å². The minimum Gasteiger partial charge on any atom is -0.452 e. The van der Waals surface area contributed by atoms with Gasteiger partial charge in [0.25, 0.3) is 11.8 Å². The summed E-state index contributed by atoms with van der Waals surface area (Å²) in [5, 5.41) is 0. The maximum absolute atomic E-state index is 12.9. The van der Waals surface area contributed by atoms with Crippen molar-refractivity contribution in [3.63, 3.8) is 0 Å². The van der Waals surface area contributed by atoms with Gasteiger partial charge in [-0.2, -0.15) is 0 Å². The number of hydrogen-bond acceptors (Lipinski definition) is 4. The molecule has 1 saturated heterocycles. The molecule has 1 unspecified atom stereocenters. The number of carbonyl (C=O) groups is 3. The number of hydrogen-bond donors (Lipinski definition) is 0. The summed E-state index contributed by atoms with van der Waals surface area (Å²) in [7, 11) is 1.65. The second-order valence-corrected chi connectivity index (χ2v) is 7.41. The van der Waals surface area contributed by atoms with E-state index in [9.17, 15) is 14.4 Å². The van der Waals surface area contributed by atoms with Crippen molar-refractivity contribution in [1.82, 2.24) is 4.90 Å². The molecule has 0 bridgehead atoms. The molecular weight excluding hydrogens is 368 g/mol. The van der Waals surface area contributed by atoms with E-state index in [4.69, 9.17) is 4.74 Å². The van der Waals surface area contributed by atoms with Crippen LogP contribution in [-0.2, 0) is 9.53 Å². The Morgan fingerprint density at radius 2 is 1.69 bits per heavy atom. The number of piperidine rings is 1. The molecule has 152 valence electrons. The molecule has 1 atom stereocenters. The lowest BCUT2D eigenvalue weighted by Gasteiger charge is -2.30. The number of amides is 2. The maximum Gasteiger partial charge on any atom is 0.339 e. The normalized spacial score (nSPS) is 16.2. The summed E-state index contributed by atoms with van der Waals surface area (Å²) in [5.74, 6) is -0.737. The third-order valence-electron chi connectivity index (χ3n) is 5.16. The summed E-state index contributed by atoms with van der Waals surface area (Å²) >= 11 is 0. The lowest BCUT2D eigenvalue weighted by Crippen LogP contribution is -2.41. The molecule has 0 spiro atoms. The van der Waals surface area contributed by atoms with Crippen LogP contribution in [0.3, 0.4) is 0 Å². The molecule has 0 aliphatic carbocycles. The van der Waals surface area contributed by atoms with Crippen molar-refractivity contribution in [2.75, 3.05) is 31.6 Å². The summed E-state index contributed by atoms with van der Waals surface area (Å²) in [4.78, 5) is 41.1. The second-order valence-electron chi connectivity index (χ2n) is 7.41. The lowest BCUT2D eigenvalue weighted by molar-refractivity contribution is -0.136. The van der Waals surface area contributed by atoms with Gasteiger partial charge in [0.2, 0.25) is 0 Å². The summed E-state index contributed by atoms with van der Waals surface area (Å²) < 4.78 is 5.25. The Balaban J connectivity index is 1.68. The highest BCUT2D eigenvalue weighted by Crippen LogP contribution is 2.19. The van der Waals surface area contributed by atoms with Gasteiger partial charge in [-0.1, -0.05) is 37.3 Å². The van der Waals surface area contributed by atoms with E-state index in [1.807, 2.05) is 30.3 Å². The number of ether oxygens (including phenoxy) is 1. The van der Waals surface area contributed by atoms with E-state index < -0.39 is 5.97 Å². The van der Waals surface area contributed by atoms with Crippen LogP contribution < -0.4 is 4.90 Å². The van der Waals surface area contributed by atoms with E-state index in [1.54, 1.807) is 36.2 Å². The number of esters is 1. The number of para-hydroxylation sites is 1. The number of benzene rings is 2. The first-order chi connectivity index (χ1) is 14.0. The smallest absolute Gasteiger partial charge is 0.339 e. The number of likely N-dealkylation sites (tertiary alicyclic amines) is 1. The Labute approximate surface area is 171 Å². The van der Waals surface area contributed by atoms with Gasteiger partial charge in [0.1, 0.15) is 0 Å². The van der Waals surface area contributed by atoms with E-state index in [0.29, 0.717) is 19.0 Å². The third-order valence-corrected chi connectivity index (χ3v) is 5.16. The van der Waals surface area contributed by atoms with Crippen molar-refractivity contribution in [3.05, 3.63) is 65.7 Å². The highest BCUT2D eigenvalue weighted by atomic mass is 16.5. The van der Waals surface area contributed by atoms with Crippen molar-refractivity contribution in [2.45, 2.75) is 19.8 Å². The third kappa shape index (κ3) is 5.02. The first-order valence-corrected chi connectivity index (χ1v) is 9.84. The average Bonchev–Trinajstić information content (AvgIpc) is 2.76. The van der Waals surface area contributed by atoms with Crippen LogP contribution in [0.5, 0.6) is 0 Å². The molecule has 0 N–H and O–H groups in total. The molecule has 1 fully saturated rings. The van der Waals surface area contributed by atoms with E-state index in [0.717, 1.165) is 18.5 Å². The van der Waals surface area contributed by atoms with Crippen LogP contribution in [0, 0.1) is 5.92 Å². The van der Waals surface area contributed by atoms with Crippen molar-refractivity contribution in [3.8, 4) is 0 Å². The summed E-state index contributed by atoms with van der Waals surface area (Å²) in [6, 6.07) is 15.7. The van der Waals surface area contributed by atoms with Crippen LogP contribution in [-0.4, -0.2) is 49.4 Å². The van der Waals surface area contributed by atoms with Crippen LogP contribution in [0.2, 0.25) is 0 Å². The van der Waals surface area contributed by atoms with Gasteiger partial charge in [-0.25, -0.2) is 4.79 Å². The van der Waals surface area contributed by atoms with Gasteiger partial charge < -0.3 is 14.5 Å². The van der Waals surface area contributed by atoms with Crippen molar-refractivity contribution >= 4 is 23.5 Å². The Kier molecular flexibility index (Phi) is 6.65. The SMILES string of the molecule is CC1CCCN(C(=O)COC(=O)c2ccccc2C(=O)N(C)c2ccccc2)C1. The number of rotatable bonds is 5. The lowest BCUT2D eigenvalue weighted by atomic mass is 10.0. The second kappa shape index (κ2) is 9.37. The molecule has 6 heteroatoms. The Hall–Kier alpha value is -3.15. The van der Waals surface area contributed by atoms with E-state index >= 15 is 0 Å². The molecule has 2 aromatic carbocycles. The largest absolute Gasteiger partial charge is 0.452 e. The fraction of sp³-hybridized carbons (Fsp3) is 0.348. The molecular formula is C23H26N2O4. The van der Waals surface area contributed by atoms with Crippen LogP contribution in [0.15, 0.2) is 54.6 Å². The maximum atomic E-state index is 12.9. The molecule has 29 heavy (non-hydrogen) atoms. The molecule has 0 aromatic heterocycles. The highest BCUT2D eigenvalue weighted by molar-refractivity contribution is 6.12. The molecule has 1 aliphatic heterocycles. The van der Waals surface area contributed by atoms with Gasteiger partial charge in [0, 0.05) is 25.8 Å². The molecule has 1 aliphatic rings. The predicted molar refractivity (Wildman–Crippen MR) is 111 cm³/mol. The van der Waals surface area contributed by atoms with Gasteiger partial charge >= 0.3 is 5.97 Å². The molecule has 3 rings (SSSR count). The molecule has 0 saturated carbocycles. The Morgan fingerprint density at radius 3 is 2.38 bits per heavy atom. The van der Waals surface area contributed by atoms with Crippen molar-refractivity contribution < 1.29 is 19.1 Å². The average molecular weight is 394 g/mol. The van der Waals surface area contributed by atoms with Crippen molar-refractivity contribution in [2.24, 2.45) is 5.92 Å². The molecule has 2 amide bonds. The van der Waals surface area contributed by atoms with Crippen LogP contribution in [0.4, 0.5) is 5.69 Å². The predicted octanol–water partition coefficient (Wildman–Crippen LogP) is 3.38. The standard InChI is InChI=1S/C23H26N2O4/c1-17-9-8-14-25(15-17)21(26)16-29-23(28)20-13-7-6-12-19(20)22(27)24(2)18-10-4-3-5-11-18/h3-7,10-13,17H,8-9,14-16H2,1-2H3. The summed E-state index contributed by atoms with van der Waals surface area (Å²) in [6.45, 7) is 3.17. The quantitative estimate of drug-likeness (QED) is 0.729. The molecule has 0 radical (unpaired) electrons. The minimum atomic E-state index is -0.672. The summed E-state index contributed by atoms with van der Waals surface area (Å²) in [5.41, 5.74) is 1.11. The monoisotopic (exact) mass is 394 g/mol. The summed E-state index contributed by atoms with van der Waals surface area (Å²) in [6.07, 6.45) is 2.07. The number of nitrogens with zero attached hydrogens (tertiary/aromatic N) is 2. The van der Waals surface area contributed by atoms with E-state index in [2.05, 4.69) is 6.92 Å². The Morgan fingerprint density at radius 1 is 1.03 bits per heavy atom.